The van der Waals surface area contributed by atoms with Crippen molar-refractivity contribution in [2.45, 2.75) is 26.3 Å². The Bertz CT molecular complexity index is 807. The minimum Gasteiger partial charge on any atom is -0.415 e. The molecular formula is C16H16F2N6O. The summed E-state index contributed by atoms with van der Waals surface area (Å²) < 4.78 is 29.9. The van der Waals surface area contributed by atoms with Crippen LogP contribution in [-0.2, 0) is 0 Å². The van der Waals surface area contributed by atoms with Gasteiger partial charge in [0.1, 0.15) is 0 Å². The third-order valence-corrected chi connectivity index (χ3v) is 3.54. The summed E-state index contributed by atoms with van der Waals surface area (Å²) in [5, 5.41) is 10.1. The topological polar surface area (TPSA) is 89.6 Å². The Kier molecular flexibility index (Phi) is 4.92. The molecule has 0 aliphatic heterocycles. The second kappa shape index (κ2) is 7.29. The summed E-state index contributed by atoms with van der Waals surface area (Å²) in [6, 6.07) is 3.86. The number of nitrogens with one attached hydrogen (secondary N) is 1. The van der Waals surface area contributed by atoms with E-state index in [1.54, 1.807) is 12.4 Å². The Hall–Kier alpha value is -2.97. The number of pyridine rings is 1. The largest absolute Gasteiger partial charge is 0.415 e. The third kappa shape index (κ3) is 3.93. The van der Waals surface area contributed by atoms with E-state index in [9.17, 15) is 8.78 Å². The smallest absolute Gasteiger partial charge is 0.314 e. The van der Waals surface area contributed by atoms with Crippen LogP contribution >= 0.6 is 0 Å². The number of halogens is 2. The molecule has 130 valence electrons. The summed E-state index contributed by atoms with van der Waals surface area (Å²) in [4.78, 5) is 12.4. The molecule has 0 aliphatic rings. The Morgan fingerprint density at radius 3 is 2.28 bits per heavy atom. The number of alkyl halides is 2. The fraction of sp³-hybridized carbons (Fsp3) is 0.312. The van der Waals surface area contributed by atoms with Crippen molar-refractivity contribution in [2.24, 2.45) is 5.92 Å². The molecular weight excluding hydrogens is 330 g/mol. The van der Waals surface area contributed by atoms with Crippen LogP contribution in [0.4, 0.5) is 14.7 Å². The van der Waals surface area contributed by atoms with E-state index >= 15 is 0 Å². The molecule has 0 amide bonds. The average Bonchev–Trinajstić information content (AvgIpc) is 3.11. The van der Waals surface area contributed by atoms with Crippen molar-refractivity contribution < 1.29 is 13.2 Å². The van der Waals surface area contributed by atoms with Gasteiger partial charge < -0.3 is 9.73 Å². The number of hydrogen-bond donors (Lipinski definition) is 1. The van der Waals surface area contributed by atoms with E-state index in [1.807, 2.05) is 12.1 Å². The van der Waals surface area contributed by atoms with Gasteiger partial charge in [-0.15, -0.1) is 10.2 Å². The van der Waals surface area contributed by atoms with E-state index in [4.69, 9.17) is 4.42 Å². The van der Waals surface area contributed by atoms with Crippen molar-refractivity contribution in [2.75, 3.05) is 5.32 Å². The first-order valence-electron chi connectivity index (χ1n) is 7.65. The van der Waals surface area contributed by atoms with Crippen LogP contribution in [0.5, 0.6) is 0 Å². The molecule has 0 fully saturated rings. The lowest BCUT2D eigenvalue weighted by atomic mass is 9.97. The molecule has 0 radical (unpaired) electrons. The second-order valence-corrected chi connectivity index (χ2v) is 5.69. The molecule has 0 spiro atoms. The van der Waals surface area contributed by atoms with Crippen LogP contribution in [0.1, 0.15) is 37.8 Å². The number of rotatable bonds is 6. The highest BCUT2D eigenvalue weighted by molar-refractivity contribution is 5.50. The molecule has 1 N–H and O–H groups in total. The van der Waals surface area contributed by atoms with E-state index in [-0.39, 0.29) is 17.9 Å². The predicted octanol–water partition coefficient (Wildman–Crippen LogP) is 3.67. The van der Waals surface area contributed by atoms with Crippen molar-refractivity contribution in [3.63, 3.8) is 0 Å². The number of aromatic nitrogens is 5. The maximum Gasteiger partial charge on any atom is 0.314 e. The lowest BCUT2D eigenvalue weighted by Crippen LogP contribution is -2.18. The molecule has 0 saturated heterocycles. The summed E-state index contributed by atoms with van der Waals surface area (Å²) in [5.41, 5.74) is 1.44. The molecule has 0 bridgehead atoms. The quantitative estimate of drug-likeness (QED) is 0.728. The molecule has 3 rings (SSSR count). The zero-order valence-corrected chi connectivity index (χ0v) is 13.6. The second-order valence-electron chi connectivity index (χ2n) is 5.69. The Labute approximate surface area is 142 Å². The maximum absolute atomic E-state index is 12.5. The summed E-state index contributed by atoms with van der Waals surface area (Å²) in [6.07, 6.45) is 3.54. The van der Waals surface area contributed by atoms with Crippen molar-refractivity contribution in [3.05, 3.63) is 48.4 Å². The van der Waals surface area contributed by atoms with Crippen molar-refractivity contribution in [1.82, 2.24) is 25.1 Å². The SMILES string of the molecule is CC(C)C(Nc1ncc(-c2nnc(C(F)F)o2)cn1)c1ccncc1. The van der Waals surface area contributed by atoms with Crippen LogP contribution in [0, 0.1) is 5.92 Å². The molecule has 0 saturated carbocycles. The zero-order chi connectivity index (χ0) is 17.8. The highest BCUT2D eigenvalue weighted by atomic mass is 19.3. The lowest BCUT2D eigenvalue weighted by Gasteiger charge is -2.22. The van der Waals surface area contributed by atoms with Crippen molar-refractivity contribution in [3.8, 4) is 11.5 Å². The minimum absolute atomic E-state index is 0.00249. The molecule has 7 nitrogen and oxygen atoms in total. The predicted molar refractivity (Wildman–Crippen MR) is 85.7 cm³/mol. The van der Waals surface area contributed by atoms with Crippen molar-refractivity contribution >= 4 is 5.95 Å². The van der Waals surface area contributed by atoms with Gasteiger partial charge in [0.25, 0.3) is 11.8 Å². The fourth-order valence-electron chi connectivity index (χ4n) is 2.30. The molecule has 9 heteroatoms. The van der Waals surface area contributed by atoms with Gasteiger partial charge in [-0.1, -0.05) is 13.8 Å². The fourth-order valence-corrected chi connectivity index (χ4v) is 2.30. The first kappa shape index (κ1) is 16.9. The van der Waals surface area contributed by atoms with E-state index in [1.165, 1.54) is 12.4 Å². The van der Waals surface area contributed by atoms with Crippen molar-refractivity contribution in [1.29, 1.82) is 0 Å². The Morgan fingerprint density at radius 1 is 1.04 bits per heavy atom. The van der Waals surface area contributed by atoms with E-state index in [0.29, 0.717) is 11.5 Å². The van der Waals surface area contributed by atoms with E-state index in [2.05, 4.69) is 44.3 Å². The zero-order valence-electron chi connectivity index (χ0n) is 13.6. The summed E-state index contributed by atoms with van der Waals surface area (Å²) >= 11 is 0. The Morgan fingerprint density at radius 2 is 1.72 bits per heavy atom. The van der Waals surface area contributed by atoms with Crippen LogP contribution in [0.15, 0.2) is 41.3 Å². The normalized spacial score (nSPS) is 12.6. The molecule has 3 aromatic heterocycles. The van der Waals surface area contributed by atoms with Crippen LogP contribution in [0.3, 0.4) is 0 Å². The number of nitrogens with zero attached hydrogens (tertiary/aromatic N) is 5. The molecule has 25 heavy (non-hydrogen) atoms. The van der Waals surface area contributed by atoms with Gasteiger partial charge in [-0.2, -0.15) is 8.78 Å². The maximum atomic E-state index is 12.5. The highest BCUT2D eigenvalue weighted by Gasteiger charge is 2.19. The average molecular weight is 346 g/mol. The van der Waals surface area contributed by atoms with Gasteiger partial charge in [-0.3, -0.25) is 4.98 Å². The Balaban J connectivity index is 1.77. The molecule has 0 aromatic carbocycles. The first-order chi connectivity index (χ1) is 12.0. The molecule has 3 heterocycles. The number of anilines is 1. The number of hydrogen-bond acceptors (Lipinski definition) is 7. The molecule has 3 aromatic rings. The summed E-state index contributed by atoms with van der Waals surface area (Å²) in [5.74, 6) is -0.0748. The van der Waals surface area contributed by atoms with Crippen LogP contribution in [-0.4, -0.2) is 25.1 Å². The highest BCUT2D eigenvalue weighted by Crippen LogP contribution is 2.26. The van der Waals surface area contributed by atoms with Gasteiger partial charge in [0.05, 0.1) is 11.6 Å². The molecule has 0 aliphatic carbocycles. The van der Waals surface area contributed by atoms with Crippen LogP contribution in [0.25, 0.3) is 11.5 Å². The van der Waals surface area contributed by atoms with Gasteiger partial charge in [-0.25, -0.2) is 9.97 Å². The first-order valence-corrected chi connectivity index (χ1v) is 7.65. The van der Waals surface area contributed by atoms with Gasteiger partial charge in [0, 0.05) is 24.8 Å². The van der Waals surface area contributed by atoms with Gasteiger partial charge in [0.2, 0.25) is 5.95 Å². The third-order valence-electron chi connectivity index (χ3n) is 3.54. The minimum atomic E-state index is -2.81. The van der Waals surface area contributed by atoms with Gasteiger partial charge in [0.15, 0.2) is 0 Å². The monoisotopic (exact) mass is 346 g/mol. The summed E-state index contributed by atoms with van der Waals surface area (Å²) in [7, 11) is 0. The summed E-state index contributed by atoms with van der Waals surface area (Å²) in [6.45, 7) is 4.16. The van der Waals surface area contributed by atoms with Gasteiger partial charge >= 0.3 is 6.43 Å². The van der Waals surface area contributed by atoms with E-state index in [0.717, 1.165) is 5.56 Å². The molecule has 1 atom stereocenters. The van der Waals surface area contributed by atoms with Crippen LogP contribution < -0.4 is 5.32 Å². The van der Waals surface area contributed by atoms with E-state index < -0.39 is 12.3 Å². The molecule has 1 unspecified atom stereocenters. The van der Waals surface area contributed by atoms with Gasteiger partial charge in [-0.05, 0) is 23.6 Å². The lowest BCUT2D eigenvalue weighted by molar-refractivity contribution is 0.116. The standard InChI is InChI=1S/C16H16F2N6O/c1-9(2)12(10-3-5-19-6-4-10)22-16-20-7-11(8-21-16)14-23-24-15(25-14)13(17)18/h3-9,12-13H,1-2H3,(H,20,21,22). The van der Waals surface area contributed by atoms with Crippen LogP contribution in [0.2, 0.25) is 0 Å².